The van der Waals surface area contributed by atoms with E-state index in [4.69, 9.17) is 0 Å². The topological polar surface area (TPSA) is 17.1 Å². The predicted molar refractivity (Wildman–Crippen MR) is 62.9 cm³/mol. The van der Waals surface area contributed by atoms with Crippen molar-refractivity contribution in [1.29, 1.82) is 0 Å². The molecular weight excluding hydrogens is 260 g/mol. The van der Waals surface area contributed by atoms with E-state index in [0.29, 0.717) is 0 Å². The van der Waals surface area contributed by atoms with Gasteiger partial charge in [-0.2, -0.15) is 0 Å². The number of hydrogen-bond donors (Lipinski definition) is 0. The van der Waals surface area contributed by atoms with Gasteiger partial charge in [0.05, 0.1) is 3.79 Å². The molecule has 1 aliphatic rings. The van der Waals surface area contributed by atoms with Crippen LogP contribution in [-0.4, -0.2) is 5.78 Å². The molecule has 0 aromatic carbocycles. The molecule has 0 N–H and O–H groups in total. The first kappa shape index (κ1) is 10.1. The van der Waals surface area contributed by atoms with E-state index in [2.05, 4.69) is 22.0 Å². The molecule has 0 amide bonds. The summed E-state index contributed by atoms with van der Waals surface area (Å²) in [6.45, 7) is 0. The van der Waals surface area contributed by atoms with Gasteiger partial charge in [0.1, 0.15) is 0 Å². The number of carbonyl (C=O) groups is 1. The van der Waals surface area contributed by atoms with Gasteiger partial charge in [0, 0.05) is 10.9 Å². The Morgan fingerprint density at radius 1 is 1.43 bits per heavy atom. The van der Waals surface area contributed by atoms with Crippen LogP contribution in [0.5, 0.6) is 0 Å². The summed E-state index contributed by atoms with van der Waals surface area (Å²) in [5.41, 5.74) is 1.83. The number of halogens is 1. The lowest BCUT2D eigenvalue weighted by Crippen LogP contribution is -2.05. The van der Waals surface area contributed by atoms with Crippen LogP contribution in [0.3, 0.4) is 0 Å². The fourth-order valence-corrected chi connectivity index (χ4v) is 2.80. The van der Waals surface area contributed by atoms with Crippen molar-refractivity contribution in [3.8, 4) is 0 Å². The molecule has 0 unspecified atom stereocenters. The van der Waals surface area contributed by atoms with Crippen LogP contribution in [-0.2, 0) is 0 Å². The average molecular weight is 271 g/mol. The Balaban J connectivity index is 2.19. The Morgan fingerprint density at radius 2 is 2.29 bits per heavy atom. The maximum atomic E-state index is 11.9. The van der Waals surface area contributed by atoms with E-state index in [1.54, 1.807) is 11.3 Å². The molecule has 2 rings (SSSR count). The molecule has 1 aromatic heterocycles. The number of carbonyl (C=O) groups excluding carboxylic acids is 1. The number of Topliss-reactive ketones (excluding diaryl/α,β-unsaturated/α-hetero) is 1. The molecule has 1 nitrogen and oxygen atoms in total. The van der Waals surface area contributed by atoms with Gasteiger partial charge in [0.15, 0.2) is 5.78 Å². The van der Waals surface area contributed by atoms with Crippen LogP contribution < -0.4 is 0 Å². The Morgan fingerprint density at radius 3 is 2.86 bits per heavy atom. The molecule has 74 valence electrons. The first-order valence-electron chi connectivity index (χ1n) is 4.75. The second kappa shape index (κ2) is 4.41. The fraction of sp³-hybridized carbons (Fsp3) is 0.364. The molecule has 0 bridgehead atoms. The van der Waals surface area contributed by atoms with Crippen LogP contribution in [0.15, 0.2) is 26.9 Å². The van der Waals surface area contributed by atoms with E-state index in [-0.39, 0.29) is 5.78 Å². The summed E-state index contributed by atoms with van der Waals surface area (Å²) in [4.78, 5) is 11.9. The predicted octanol–water partition coefficient (Wildman–Crippen LogP) is 4.19. The van der Waals surface area contributed by atoms with Gasteiger partial charge in [-0.25, -0.2) is 0 Å². The molecule has 1 aromatic rings. The van der Waals surface area contributed by atoms with Crippen LogP contribution in [0, 0.1) is 0 Å². The lowest BCUT2D eigenvalue weighted by molar-refractivity contribution is 0.102. The third-order valence-electron chi connectivity index (χ3n) is 2.41. The summed E-state index contributed by atoms with van der Waals surface area (Å²) < 4.78 is 1.03. The van der Waals surface area contributed by atoms with E-state index < -0.39 is 0 Å². The molecule has 0 fully saturated rings. The molecule has 0 saturated carbocycles. The zero-order chi connectivity index (χ0) is 9.97. The van der Waals surface area contributed by atoms with Crippen LogP contribution in [0.1, 0.15) is 36.0 Å². The highest BCUT2D eigenvalue weighted by Gasteiger charge is 2.15. The molecule has 14 heavy (non-hydrogen) atoms. The number of rotatable bonds is 2. The van der Waals surface area contributed by atoms with Gasteiger partial charge in [0.25, 0.3) is 0 Å². The molecule has 1 aliphatic carbocycles. The smallest absolute Gasteiger partial charge is 0.189 e. The Kier molecular flexibility index (Phi) is 3.19. The highest BCUT2D eigenvalue weighted by Crippen LogP contribution is 2.26. The van der Waals surface area contributed by atoms with Crippen molar-refractivity contribution >= 4 is 33.0 Å². The van der Waals surface area contributed by atoms with E-state index in [9.17, 15) is 4.79 Å². The second-order valence-corrected chi connectivity index (χ2v) is 5.73. The summed E-state index contributed by atoms with van der Waals surface area (Å²) in [5, 5.41) is 1.92. The summed E-state index contributed by atoms with van der Waals surface area (Å²) in [6.07, 6.45) is 6.49. The van der Waals surface area contributed by atoms with Crippen molar-refractivity contribution in [1.82, 2.24) is 0 Å². The normalized spacial score (nSPS) is 16.5. The van der Waals surface area contributed by atoms with Gasteiger partial charge < -0.3 is 0 Å². The van der Waals surface area contributed by atoms with Crippen LogP contribution in [0.2, 0.25) is 0 Å². The Labute approximate surface area is 96.0 Å². The third-order valence-corrected chi connectivity index (χ3v) is 3.92. The largest absolute Gasteiger partial charge is 0.289 e. The van der Waals surface area contributed by atoms with Gasteiger partial charge >= 0.3 is 0 Å². The molecule has 0 saturated heterocycles. The highest BCUT2D eigenvalue weighted by atomic mass is 79.9. The molecule has 0 radical (unpaired) electrons. The maximum Gasteiger partial charge on any atom is 0.189 e. The standard InChI is InChI=1S/C11H11BrOS/c12-10-6-9(7-14-10)11(13)8-4-2-1-3-5-8/h4,6-7H,1-3,5H2. The van der Waals surface area contributed by atoms with Gasteiger partial charge in [-0.15, -0.1) is 11.3 Å². The van der Waals surface area contributed by atoms with Crippen molar-refractivity contribution in [3.05, 3.63) is 32.4 Å². The van der Waals surface area contributed by atoms with E-state index in [1.165, 1.54) is 6.42 Å². The molecule has 0 aliphatic heterocycles. The molecule has 0 atom stereocenters. The van der Waals surface area contributed by atoms with Gasteiger partial charge in [0.2, 0.25) is 0 Å². The summed E-state index contributed by atoms with van der Waals surface area (Å²) in [7, 11) is 0. The monoisotopic (exact) mass is 270 g/mol. The highest BCUT2D eigenvalue weighted by molar-refractivity contribution is 9.11. The SMILES string of the molecule is O=C(C1=CCCCC1)c1csc(Br)c1. The number of ketones is 1. The van der Waals surface area contributed by atoms with Crippen LogP contribution >= 0.6 is 27.3 Å². The van der Waals surface area contributed by atoms with Crippen molar-refractivity contribution in [3.63, 3.8) is 0 Å². The first-order chi connectivity index (χ1) is 6.77. The zero-order valence-electron chi connectivity index (χ0n) is 7.75. The molecular formula is C11H11BrOS. The number of hydrogen-bond acceptors (Lipinski definition) is 2. The number of allylic oxidation sites excluding steroid dienone is 2. The quantitative estimate of drug-likeness (QED) is 0.737. The Hall–Kier alpha value is -0.410. The minimum absolute atomic E-state index is 0.214. The van der Waals surface area contributed by atoms with Crippen LogP contribution in [0.25, 0.3) is 0 Å². The average Bonchev–Trinajstić information content (AvgIpc) is 2.65. The van der Waals surface area contributed by atoms with E-state index in [1.807, 2.05) is 11.4 Å². The van der Waals surface area contributed by atoms with Crippen molar-refractivity contribution < 1.29 is 4.79 Å². The summed E-state index contributed by atoms with van der Waals surface area (Å²) in [6, 6.07) is 1.91. The van der Waals surface area contributed by atoms with Crippen LogP contribution in [0.4, 0.5) is 0 Å². The van der Waals surface area contributed by atoms with Crippen molar-refractivity contribution in [2.24, 2.45) is 0 Å². The zero-order valence-corrected chi connectivity index (χ0v) is 10.2. The lowest BCUT2D eigenvalue weighted by Gasteiger charge is -2.10. The fourth-order valence-electron chi connectivity index (χ4n) is 1.66. The second-order valence-electron chi connectivity index (χ2n) is 3.44. The van der Waals surface area contributed by atoms with E-state index >= 15 is 0 Å². The molecule has 0 spiro atoms. The van der Waals surface area contributed by atoms with Gasteiger partial charge in [-0.1, -0.05) is 6.08 Å². The third kappa shape index (κ3) is 2.15. The van der Waals surface area contributed by atoms with Gasteiger partial charge in [-0.05, 0) is 53.3 Å². The number of thiophene rings is 1. The molecule has 3 heteroatoms. The van der Waals surface area contributed by atoms with Crippen molar-refractivity contribution in [2.45, 2.75) is 25.7 Å². The minimum atomic E-state index is 0.214. The van der Waals surface area contributed by atoms with E-state index in [0.717, 1.165) is 34.2 Å². The first-order valence-corrected chi connectivity index (χ1v) is 6.42. The molecule has 1 heterocycles. The maximum absolute atomic E-state index is 11.9. The van der Waals surface area contributed by atoms with Gasteiger partial charge in [-0.3, -0.25) is 4.79 Å². The minimum Gasteiger partial charge on any atom is -0.289 e. The Bertz CT molecular complexity index is 378. The van der Waals surface area contributed by atoms with Crippen molar-refractivity contribution in [2.75, 3.05) is 0 Å². The summed E-state index contributed by atoms with van der Waals surface area (Å²) >= 11 is 4.94. The lowest BCUT2D eigenvalue weighted by atomic mass is 9.94. The summed E-state index contributed by atoms with van der Waals surface area (Å²) in [5.74, 6) is 0.214.